The normalized spacial score (nSPS) is 12.4. The zero-order chi connectivity index (χ0) is 26.4. The SMILES string of the molecule is CC(=O)NC(C[C@H](NC(=O)c1ccc(NCc2cnc3nc(N)[nH]c(=O)c3n2)cc1)C(=O)O)C(=O)O. The number of carbonyl (C=O) groups is 4. The van der Waals surface area contributed by atoms with E-state index in [0.29, 0.717) is 11.4 Å². The van der Waals surface area contributed by atoms with Crippen molar-refractivity contribution in [2.45, 2.75) is 32.0 Å². The number of rotatable bonds is 10. The van der Waals surface area contributed by atoms with Gasteiger partial charge in [0, 0.05) is 24.6 Å². The van der Waals surface area contributed by atoms with Crippen molar-refractivity contribution in [3.8, 4) is 0 Å². The number of aromatic amines is 1. The molecule has 0 spiro atoms. The van der Waals surface area contributed by atoms with E-state index in [-0.39, 0.29) is 29.2 Å². The first-order chi connectivity index (χ1) is 17.0. The van der Waals surface area contributed by atoms with E-state index >= 15 is 0 Å². The molecule has 3 aromatic rings. The molecule has 8 N–H and O–H groups in total. The molecule has 15 heteroatoms. The van der Waals surface area contributed by atoms with E-state index in [9.17, 15) is 34.2 Å². The molecule has 0 aliphatic carbocycles. The third-order valence-corrected chi connectivity index (χ3v) is 4.86. The van der Waals surface area contributed by atoms with Crippen LogP contribution >= 0.6 is 0 Å². The Balaban J connectivity index is 1.63. The van der Waals surface area contributed by atoms with Crippen LogP contribution in [0.3, 0.4) is 0 Å². The van der Waals surface area contributed by atoms with Crippen LogP contribution in [0, 0.1) is 0 Å². The van der Waals surface area contributed by atoms with Gasteiger partial charge in [0.25, 0.3) is 11.5 Å². The predicted octanol–water partition coefficient (Wildman–Crippen LogP) is -0.930. The number of nitrogens with one attached hydrogen (secondary N) is 4. The van der Waals surface area contributed by atoms with Crippen molar-refractivity contribution in [1.29, 1.82) is 0 Å². The first-order valence-electron chi connectivity index (χ1n) is 10.4. The molecule has 2 atom stereocenters. The predicted molar refractivity (Wildman–Crippen MR) is 125 cm³/mol. The van der Waals surface area contributed by atoms with Crippen LogP contribution in [0.25, 0.3) is 11.2 Å². The van der Waals surface area contributed by atoms with Crippen LogP contribution in [-0.4, -0.2) is 66.0 Å². The van der Waals surface area contributed by atoms with E-state index in [1.807, 2.05) is 0 Å². The van der Waals surface area contributed by atoms with Crippen molar-refractivity contribution < 1.29 is 29.4 Å². The molecule has 1 aromatic carbocycles. The van der Waals surface area contributed by atoms with Crippen LogP contribution in [0.4, 0.5) is 11.6 Å². The number of fused-ring (bicyclic) bond motifs is 1. The highest BCUT2D eigenvalue weighted by Crippen LogP contribution is 2.12. The largest absolute Gasteiger partial charge is 0.480 e. The fraction of sp³-hybridized carbons (Fsp3) is 0.238. The lowest BCUT2D eigenvalue weighted by molar-refractivity contribution is -0.143. The molecule has 2 heterocycles. The topological polar surface area (TPSA) is 242 Å². The highest BCUT2D eigenvalue weighted by atomic mass is 16.4. The first kappa shape index (κ1) is 25.5. The number of nitrogen functional groups attached to an aromatic ring is 1. The van der Waals surface area contributed by atoms with Gasteiger partial charge in [0.2, 0.25) is 11.9 Å². The Hall–Kier alpha value is -5.08. The van der Waals surface area contributed by atoms with Crippen molar-refractivity contribution in [3.05, 3.63) is 52.1 Å². The summed E-state index contributed by atoms with van der Waals surface area (Å²) in [5, 5.41) is 26.0. The molecule has 188 valence electrons. The van der Waals surface area contributed by atoms with Gasteiger partial charge >= 0.3 is 11.9 Å². The summed E-state index contributed by atoms with van der Waals surface area (Å²) in [6, 6.07) is 2.95. The van der Waals surface area contributed by atoms with Crippen LogP contribution in [0.5, 0.6) is 0 Å². The van der Waals surface area contributed by atoms with Gasteiger partial charge in [0.15, 0.2) is 11.2 Å². The molecule has 15 nitrogen and oxygen atoms in total. The summed E-state index contributed by atoms with van der Waals surface area (Å²) in [6.45, 7) is 1.29. The Morgan fingerprint density at radius 3 is 2.28 bits per heavy atom. The molecule has 0 aliphatic heterocycles. The quantitative estimate of drug-likeness (QED) is 0.179. The number of carboxylic acids is 2. The van der Waals surface area contributed by atoms with Gasteiger partial charge in [-0.25, -0.2) is 19.6 Å². The molecule has 2 amide bonds. The monoisotopic (exact) mass is 498 g/mol. The highest BCUT2D eigenvalue weighted by molar-refractivity contribution is 5.97. The Bertz CT molecular complexity index is 1370. The number of aromatic nitrogens is 4. The van der Waals surface area contributed by atoms with Gasteiger partial charge < -0.3 is 31.9 Å². The molecule has 0 saturated heterocycles. The van der Waals surface area contributed by atoms with Crippen molar-refractivity contribution >= 4 is 46.6 Å². The van der Waals surface area contributed by atoms with Gasteiger partial charge in [-0.05, 0) is 24.3 Å². The lowest BCUT2D eigenvalue weighted by Crippen LogP contribution is -2.49. The number of carbonyl (C=O) groups excluding carboxylic acids is 2. The zero-order valence-electron chi connectivity index (χ0n) is 18.8. The van der Waals surface area contributed by atoms with Crippen molar-refractivity contribution in [2.75, 3.05) is 11.1 Å². The molecular formula is C21H22N8O7. The van der Waals surface area contributed by atoms with E-state index < -0.39 is 47.8 Å². The molecule has 0 radical (unpaired) electrons. The summed E-state index contributed by atoms with van der Waals surface area (Å²) in [6.07, 6.45) is 0.883. The van der Waals surface area contributed by atoms with Crippen LogP contribution in [0.1, 0.15) is 29.4 Å². The maximum Gasteiger partial charge on any atom is 0.326 e. The molecule has 36 heavy (non-hydrogen) atoms. The van der Waals surface area contributed by atoms with E-state index in [4.69, 9.17) is 5.73 Å². The van der Waals surface area contributed by atoms with E-state index in [1.165, 1.54) is 18.3 Å². The smallest absolute Gasteiger partial charge is 0.326 e. The summed E-state index contributed by atoms with van der Waals surface area (Å²) in [4.78, 5) is 73.0. The number of hydrogen-bond acceptors (Lipinski definition) is 10. The van der Waals surface area contributed by atoms with Crippen molar-refractivity contribution in [1.82, 2.24) is 30.6 Å². The number of amides is 2. The molecular weight excluding hydrogens is 476 g/mol. The molecule has 0 bridgehead atoms. The maximum atomic E-state index is 12.5. The van der Waals surface area contributed by atoms with Crippen LogP contribution in [0.15, 0.2) is 35.3 Å². The van der Waals surface area contributed by atoms with Gasteiger partial charge in [-0.1, -0.05) is 0 Å². The van der Waals surface area contributed by atoms with E-state index in [0.717, 1.165) is 6.92 Å². The molecule has 2 aromatic heterocycles. The minimum atomic E-state index is -1.55. The van der Waals surface area contributed by atoms with Gasteiger partial charge in [0.1, 0.15) is 12.1 Å². The van der Waals surface area contributed by atoms with Crippen LogP contribution in [-0.2, 0) is 20.9 Å². The van der Waals surface area contributed by atoms with Gasteiger partial charge in [0.05, 0.1) is 18.4 Å². The Morgan fingerprint density at radius 1 is 1.03 bits per heavy atom. The standard InChI is InChI=1S/C21H22N8O7/c1-9(30)25-13(19(33)34)6-14(20(35)36)27-17(31)10-2-4-11(5-3-10)23-7-12-8-24-16-15(26-12)18(32)29-21(22)28-16/h2-5,8,13-14,23H,6-7H2,1H3,(H,25,30)(H,27,31)(H,33,34)(H,35,36)(H3,22,24,28,29,32)/t13?,14-/m0/s1. The number of benzene rings is 1. The third-order valence-electron chi connectivity index (χ3n) is 4.86. The fourth-order valence-electron chi connectivity index (χ4n) is 3.15. The second-order valence-corrected chi connectivity index (χ2v) is 7.61. The van der Waals surface area contributed by atoms with E-state index in [1.54, 1.807) is 12.1 Å². The minimum Gasteiger partial charge on any atom is -0.480 e. The summed E-state index contributed by atoms with van der Waals surface area (Å²) in [5.41, 5.74) is 6.26. The maximum absolute atomic E-state index is 12.5. The Kier molecular flexibility index (Phi) is 7.73. The van der Waals surface area contributed by atoms with Crippen molar-refractivity contribution in [2.24, 2.45) is 0 Å². The van der Waals surface area contributed by atoms with E-state index in [2.05, 4.69) is 35.9 Å². The fourth-order valence-corrected chi connectivity index (χ4v) is 3.15. The van der Waals surface area contributed by atoms with Crippen LogP contribution in [0.2, 0.25) is 0 Å². The van der Waals surface area contributed by atoms with Gasteiger partial charge in [-0.2, -0.15) is 4.98 Å². The Morgan fingerprint density at radius 2 is 1.67 bits per heavy atom. The second kappa shape index (κ2) is 10.9. The second-order valence-electron chi connectivity index (χ2n) is 7.61. The Labute approximate surface area is 202 Å². The number of hydrogen-bond donors (Lipinski definition) is 7. The average Bonchev–Trinajstić information content (AvgIpc) is 2.81. The molecule has 0 fully saturated rings. The number of nitrogens with two attached hydrogens (primary N) is 1. The third kappa shape index (κ3) is 6.49. The number of aliphatic carboxylic acids is 2. The summed E-state index contributed by atoms with van der Waals surface area (Å²) >= 11 is 0. The summed E-state index contributed by atoms with van der Waals surface area (Å²) < 4.78 is 0. The minimum absolute atomic E-state index is 0.0344. The molecule has 3 rings (SSSR count). The number of anilines is 2. The molecule has 1 unspecified atom stereocenters. The van der Waals surface area contributed by atoms with Crippen LogP contribution < -0.4 is 27.2 Å². The van der Waals surface area contributed by atoms with Crippen molar-refractivity contribution in [3.63, 3.8) is 0 Å². The lowest BCUT2D eigenvalue weighted by atomic mass is 10.1. The number of nitrogens with zero attached hydrogens (tertiary/aromatic N) is 3. The van der Waals surface area contributed by atoms with Gasteiger partial charge in [-0.15, -0.1) is 0 Å². The zero-order valence-corrected chi connectivity index (χ0v) is 18.8. The first-order valence-corrected chi connectivity index (χ1v) is 10.4. The average molecular weight is 498 g/mol. The highest BCUT2D eigenvalue weighted by Gasteiger charge is 2.29. The lowest BCUT2D eigenvalue weighted by Gasteiger charge is -2.19. The molecule has 0 saturated carbocycles. The summed E-state index contributed by atoms with van der Waals surface area (Å²) in [5.74, 6) is -4.34. The summed E-state index contributed by atoms with van der Waals surface area (Å²) in [7, 11) is 0. The number of H-pyrrole nitrogens is 1. The number of carboxylic acid groups (broad SMARTS) is 2. The van der Waals surface area contributed by atoms with Gasteiger partial charge in [-0.3, -0.25) is 19.4 Å². The molecule has 0 aliphatic rings.